The third-order valence-corrected chi connectivity index (χ3v) is 2.93. The molecule has 19 heavy (non-hydrogen) atoms. The molecule has 0 radical (unpaired) electrons. The van der Waals surface area contributed by atoms with E-state index in [9.17, 15) is 4.79 Å². The zero-order valence-electron chi connectivity index (χ0n) is 11.3. The van der Waals surface area contributed by atoms with Crippen molar-refractivity contribution in [3.05, 3.63) is 42.3 Å². The number of ether oxygens (including phenoxy) is 1. The molecule has 100 valence electrons. The number of carbonyl (C=O) groups excluding carboxylic acids is 1. The van der Waals surface area contributed by atoms with Crippen molar-refractivity contribution in [1.82, 2.24) is 4.98 Å². The van der Waals surface area contributed by atoms with E-state index in [4.69, 9.17) is 9.15 Å². The number of nitrogens with zero attached hydrogens (tertiary/aromatic N) is 1. The highest BCUT2D eigenvalue weighted by atomic mass is 16.5. The molecule has 0 aliphatic carbocycles. The van der Waals surface area contributed by atoms with Gasteiger partial charge in [-0.2, -0.15) is 0 Å². The van der Waals surface area contributed by atoms with Crippen LogP contribution in [0.25, 0.3) is 11.5 Å². The molecular formula is C15H17NO3. The Balaban J connectivity index is 2.28. The van der Waals surface area contributed by atoms with Gasteiger partial charge in [-0.3, -0.25) is 4.79 Å². The molecule has 1 heterocycles. The van der Waals surface area contributed by atoms with Gasteiger partial charge in [-0.25, -0.2) is 4.98 Å². The lowest BCUT2D eigenvalue weighted by Crippen LogP contribution is -2.30. The molecule has 0 amide bonds. The summed E-state index contributed by atoms with van der Waals surface area (Å²) in [4.78, 5) is 16.1. The molecule has 0 bridgehead atoms. The van der Waals surface area contributed by atoms with Gasteiger partial charge < -0.3 is 9.15 Å². The summed E-state index contributed by atoms with van der Waals surface area (Å²) in [7, 11) is 0. The molecule has 0 spiro atoms. The maximum absolute atomic E-state index is 11.9. The maximum Gasteiger partial charge on any atom is 0.319 e. The minimum Gasteiger partial charge on any atom is -0.465 e. The van der Waals surface area contributed by atoms with Crippen LogP contribution in [0.15, 0.2) is 40.9 Å². The Labute approximate surface area is 112 Å². The van der Waals surface area contributed by atoms with Crippen LogP contribution in [0.2, 0.25) is 0 Å². The second-order valence-corrected chi connectivity index (χ2v) is 4.74. The van der Waals surface area contributed by atoms with Gasteiger partial charge in [0.1, 0.15) is 11.2 Å². The lowest BCUT2D eigenvalue weighted by Gasteiger charge is -2.18. The Hall–Kier alpha value is -2.10. The molecule has 0 fully saturated rings. The molecule has 0 aliphatic heterocycles. The summed E-state index contributed by atoms with van der Waals surface area (Å²) in [5.74, 6) is 0.698. The Morgan fingerprint density at radius 1 is 1.32 bits per heavy atom. The molecule has 1 aromatic carbocycles. The molecule has 2 rings (SSSR count). The standard InChI is InChI=1S/C15H17NO3/c1-4-18-14(17)15(2,3)12-10-16-13(19-12)11-8-6-5-7-9-11/h5-10H,4H2,1-3H3. The van der Waals surface area contributed by atoms with Gasteiger partial charge in [-0.05, 0) is 32.9 Å². The largest absolute Gasteiger partial charge is 0.465 e. The van der Waals surface area contributed by atoms with Crippen LogP contribution in [0.3, 0.4) is 0 Å². The van der Waals surface area contributed by atoms with E-state index < -0.39 is 5.41 Å². The maximum atomic E-state index is 11.9. The second kappa shape index (κ2) is 5.26. The second-order valence-electron chi connectivity index (χ2n) is 4.74. The zero-order chi connectivity index (χ0) is 13.9. The van der Waals surface area contributed by atoms with E-state index in [1.807, 2.05) is 30.3 Å². The van der Waals surface area contributed by atoms with E-state index >= 15 is 0 Å². The Morgan fingerprint density at radius 2 is 2.00 bits per heavy atom. The molecule has 0 saturated heterocycles. The summed E-state index contributed by atoms with van der Waals surface area (Å²) < 4.78 is 10.7. The van der Waals surface area contributed by atoms with Crippen molar-refractivity contribution in [2.24, 2.45) is 0 Å². The Kier molecular flexibility index (Phi) is 3.69. The minimum atomic E-state index is -0.837. The number of benzene rings is 1. The monoisotopic (exact) mass is 259 g/mol. The van der Waals surface area contributed by atoms with E-state index in [2.05, 4.69) is 4.98 Å². The summed E-state index contributed by atoms with van der Waals surface area (Å²) in [6.45, 7) is 5.66. The molecule has 1 aromatic heterocycles. The first-order valence-corrected chi connectivity index (χ1v) is 6.24. The van der Waals surface area contributed by atoms with Crippen LogP contribution >= 0.6 is 0 Å². The summed E-state index contributed by atoms with van der Waals surface area (Å²) >= 11 is 0. The SMILES string of the molecule is CCOC(=O)C(C)(C)c1cnc(-c2ccccc2)o1. The van der Waals surface area contributed by atoms with E-state index in [1.54, 1.807) is 27.0 Å². The average Bonchev–Trinajstić information content (AvgIpc) is 2.90. The Morgan fingerprint density at radius 3 is 2.63 bits per heavy atom. The topological polar surface area (TPSA) is 52.3 Å². The summed E-state index contributed by atoms with van der Waals surface area (Å²) in [5, 5.41) is 0. The molecule has 2 aromatic rings. The molecule has 4 nitrogen and oxygen atoms in total. The average molecular weight is 259 g/mol. The predicted octanol–water partition coefficient (Wildman–Crippen LogP) is 3.18. The first-order chi connectivity index (χ1) is 9.05. The number of rotatable bonds is 4. The van der Waals surface area contributed by atoms with Crippen LogP contribution in [0, 0.1) is 0 Å². The van der Waals surface area contributed by atoms with Crippen LogP contribution < -0.4 is 0 Å². The third-order valence-electron chi connectivity index (χ3n) is 2.93. The van der Waals surface area contributed by atoms with Crippen molar-refractivity contribution in [1.29, 1.82) is 0 Å². The van der Waals surface area contributed by atoms with Gasteiger partial charge in [-0.15, -0.1) is 0 Å². The van der Waals surface area contributed by atoms with Crippen molar-refractivity contribution >= 4 is 5.97 Å². The highest BCUT2D eigenvalue weighted by molar-refractivity contribution is 5.81. The summed E-state index contributed by atoms with van der Waals surface area (Å²) in [6, 6.07) is 9.57. The smallest absolute Gasteiger partial charge is 0.319 e. The van der Waals surface area contributed by atoms with Crippen molar-refractivity contribution < 1.29 is 13.9 Å². The van der Waals surface area contributed by atoms with Crippen LogP contribution in [0.4, 0.5) is 0 Å². The van der Waals surface area contributed by atoms with Gasteiger partial charge in [-0.1, -0.05) is 18.2 Å². The molecule has 0 saturated carbocycles. The normalized spacial score (nSPS) is 11.3. The molecule has 0 atom stereocenters. The number of hydrogen-bond donors (Lipinski definition) is 0. The Bertz CT molecular complexity index is 558. The van der Waals surface area contributed by atoms with Gasteiger partial charge in [0.2, 0.25) is 5.89 Å². The minimum absolute atomic E-state index is 0.314. The van der Waals surface area contributed by atoms with Gasteiger partial charge in [0, 0.05) is 5.56 Å². The number of carbonyl (C=O) groups is 1. The fourth-order valence-corrected chi connectivity index (χ4v) is 1.69. The summed E-state index contributed by atoms with van der Waals surface area (Å²) in [5.41, 5.74) is 0.0455. The fraction of sp³-hybridized carbons (Fsp3) is 0.333. The van der Waals surface area contributed by atoms with Gasteiger partial charge >= 0.3 is 5.97 Å². The van der Waals surface area contributed by atoms with Crippen LogP contribution in [0.5, 0.6) is 0 Å². The van der Waals surface area contributed by atoms with Gasteiger partial charge in [0.05, 0.1) is 12.8 Å². The van der Waals surface area contributed by atoms with E-state index in [1.165, 1.54) is 0 Å². The number of hydrogen-bond acceptors (Lipinski definition) is 4. The quantitative estimate of drug-likeness (QED) is 0.791. The van der Waals surface area contributed by atoms with E-state index in [0.717, 1.165) is 5.56 Å². The molecule has 4 heteroatoms. The number of esters is 1. The molecule has 0 N–H and O–H groups in total. The third kappa shape index (κ3) is 2.67. The molecule has 0 unspecified atom stereocenters. The lowest BCUT2D eigenvalue weighted by molar-refractivity contribution is -0.149. The first kappa shape index (κ1) is 13.3. The predicted molar refractivity (Wildman–Crippen MR) is 71.6 cm³/mol. The van der Waals surface area contributed by atoms with Crippen LogP contribution in [-0.2, 0) is 14.9 Å². The highest BCUT2D eigenvalue weighted by Gasteiger charge is 2.35. The van der Waals surface area contributed by atoms with Gasteiger partial charge in [0.15, 0.2) is 0 Å². The van der Waals surface area contributed by atoms with Crippen LogP contribution in [-0.4, -0.2) is 17.6 Å². The van der Waals surface area contributed by atoms with Crippen LogP contribution in [0.1, 0.15) is 26.5 Å². The lowest BCUT2D eigenvalue weighted by atomic mass is 9.91. The first-order valence-electron chi connectivity index (χ1n) is 6.24. The highest BCUT2D eigenvalue weighted by Crippen LogP contribution is 2.28. The number of aromatic nitrogens is 1. The number of oxazole rings is 1. The van der Waals surface area contributed by atoms with E-state index in [0.29, 0.717) is 18.3 Å². The van der Waals surface area contributed by atoms with Crippen molar-refractivity contribution in [2.75, 3.05) is 6.61 Å². The zero-order valence-corrected chi connectivity index (χ0v) is 11.3. The van der Waals surface area contributed by atoms with Gasteiger partial charge in [0.25, 0.3) is 0 Å². The molecule has 0 aliphatic rings. The van der Waals surface area contributed by atoms with Crippen molar-refractivity contribution in [3.8, 4) is 11.5 Å². The fourth-order valence-electron chi connectivity index (χ4n) is 1.69. The summed E-state index contributed by atoms with van der Waals surface area (Å²) in [6.07, 6.45) is 1.58. The molecular weight excluding hydrogens is 242 g/mol. The van der Waals surface area contributed by atoms with Crippen molar-refractivity contribution in [3.63, 3.8) is 0 Å². The van der Waals surface area contributed by atoms with E-state index in [-0.39, 0.29) is 5.97 Å². The van der Waals surface area contributed by atoms with Crippen molar-refractivity contribution in [2.45, 2.75) is 26.2 Å².